The third-order valence-corrected chi connectivity index (χ3v) is 6.38. The second-order valence-corrected chi connectivity index (χ2v) is 8.39. The Morgan fingerprint density at radius 3 is 2.33 bits per heavy atom. The summed E-state index contributed by atoms with van der Waals surface area (Å²) >= 11 is 0. The Labute approximate surface area is 191 Å². The van der Waals surface area contributed by atoms with Gasteiger partial charge in [0.15, 0.2) is 11.5 Å². The first-order valence-corrected chi connectivity index (χ1v) is 11.1. The van der Waals surface area contributed by atoms with Gasteiger partial charge in [0.05, 0.1) is 26.3 Å². The molecular weight excluding hydrogens is 424 g/mol. The van der Waals surface area contributed by atoms with Gasteiger partial charge in [-0.25, -0.2) is 0 Å². The van der Waals surface area contributed by atoms with Gasteiger partial charge in [-0.1, -0.05) is 12.8 Å². The molecule has 5 rings (SSSR count). The molecule has 0 saturated heterocycles. The highest BCUT2D eigenvalue weighted by molar-refractivity contribution is 5.95. The fourth-order valence-corrected chi connectivity index (χ4v) is 4.62. The lowest BCUT2D eigenvalue weighted by atomic mass is 10.1. The number of carbonyl (C=O) groups is 1. The number of ether oxygens (including phenoxy) is 4. The van der Waals surface area contributed by atoms with E-state index in [4.69, 9.17) is 18.9 Å². The predicted octanol–water partition coefficient (Wildman–Crippen LogP) is 3.86. The van der Waals surface area contributed by atoms with Crippen molar-refractivity contribution in [1.82, 2.24) is 9.88 Å². The quantitative estimate of drug-likeness (QED) is 0.613. The van der Waals surface area contributed by atoms with Crippen molar-refractivity contribution in [2.75, 3.05) is 21.0 Å². The van der Waals surface area contributed by atoms with E-state index in [9.17, 15) is 9.59 Å². The van der Waals surface area contributed by atoms with E-state index in [-0.39, 0.29) is 30.8 Å². The minimum atomic E-state index is -0.222. The molecule has 3 aromatic rings. The third-order valence-electron chi connectivity index (χ3n) is 6.38. The summed E-state index contributed by atoms with van der Waals surface area (Å²) in [6, 6.07) is 10.7. The van der Waals surface area contributed by atoms with E-state index in [2.05, 4.69) is 4.98 Å². The second-order valence-electron chi connectivity index (χ2n) is 8.39. The summed E-state index contributed by atoms with van der Waals surface area (Å²) < 4.78 is 21.6. The van der Waals surface area contributed by atoms with Crippen LogP contribution in [0.3, 0.4) is 0 Å². The third kappa shape index (κ3) is 4.08. The number of pyridine rings is 1. The van der Waals surface area contributed by atoms with Crippen LogP contribution >= 0.6 is 0 Å². The average Bonchev–Trinajstić information content (AvgIpc) is 3.52. The van der Waals surface area contributed by atoms with Crippen LogP contribution in [0.25, 0.3) is 10.9 Å². The maximum absolute atomic E-state index is 13.7. The number of carbonyl (C=O) groups excluding carboxylic acids is 1. The average molecular weight is 450 g/mol. The number of rotatable bonds is 6. The molecule has 2 aliphatic rings. The van der Waals surface area contributed by atoms with Gasteiger partial charge in [-0.15, -0.1) is 0 Å². The Kier molecular flexibility index (Phi) is 5.58. The first-order valence-electron chi connectivity index (χ1n) is 11.1. The number of hydrogen-bond acceptors (Lipinski definition) is 6. The van der Waals surface area contributed by atoms with Gasteiger partial charge in [0.2, 0.25) is 6.79 Å². The van der Waals surface area contributed by atoms with Crippen LogP contribution in [0.4, 0.5) is 0 Å². The van der Waals surface area contributed by atoms with Gasteiger partial charge < -0.3 is 28.8 Å². The van der Waals surface area contributed by atoms with Crippen molar-refractivity contribution in [3.63, 3.8) is 0 Å². The van der Waals surface area contributed by atoms with E-state index in [1.54, 1.807) is 38.5 Å². The lowest BCUT2D eigenvalue weighted by Gasteiger charge is -2.29. The number of aromatic nitrogens is 1. The van der Waals surface area contributed by atoms with E-state index in [1.165, 1.54) is 0 Å². The lowest BCUT2D eigenvalue weighted by molar-refractivity contribution is 0.0663. The standard InChI is InChI=1S/C25H26N2O6/c1-30-19-8-16(9-20(11-19)31-2)25(29)27(18-5-3-4-6-18)13-17-7-15-10-22-23(33-14-32-22)12-21(15)26-24(17)28/h7-12,18H,3-6,13-14H2,1-2H3,(H,26,28). The van der Waals surface area contributed by atoms with E-state index in [1.807, 2.05) is 17.0 Å². The highest BCUT2D eigenvalue weighted by Crippen LogP contribution is 2.35. The summed E-state index contributed by atoms with van der Waals surface area (Å²) in [6.07, 6.45) is 3.95. The summed E-state index contributed by atoms with van der Waals surface area (Å²) in [5, 5.41) is 0.829. The van der Waals surface area contributed by atoms with Gasteiger partial charge in [0, 0.05) is 34.7 Å². The molecule has 0 spiro atoms. The monoisotopic (exact) mass is 450 g/mol. The fraction of sp³-hybridized carbons (Fsp3) is 0.360. The largest absolute Gasteiger partial charge is 0.497 e. The molecule has 33 heavy (non-hydrogen) atoms. The van der Waals surface area contributed by atoms with E-state index >= 15 is 0 Å². The summed E-state index contributed by atoms with van der Waals surface area (Å²) in [4.78, 5) is 31.3. The maximum Gasteiger partial charge on any atom is 0.254 e. The zero-order valence-electron chi connectivity index (χ0n) is 18.7. The Balaban J connectivity index is 1.52. The van der Waals surface area contributed by atoms with Crippen molar-refractivity contribution < 1.29 is 23.7 Å². The normalized spacial score (nSPS) is 15.1. The molecule has 1 amide bonds. The van der Waals surface area contributed by atoms with Crippen molar-refractivity contribution in [1.29, 1.82) is 0 Å². The number of nitrogens with one attached hydrogen (secondary N) is 1. The van der Waals surface area contributed by atoms with Gasteiger partial charge in [-0.05, 0) is 37.1 Å². The topological polar surface area (TPSA) is 90.1 Å². The van der Waals surface area contributed by atoms with Crippen molar-refractivity contribution in [2.24, 2.45) is 0 Å². The second kappa shape index (κ2) is 8.69. The molecule has 1 saturated carbocycles. The molecule has 2 heterocycles. The highest BCUT2D eigenvalue weighted by Gasteiger charge is 2.29. The number of methoxy groups -OCH3 is 2. The molecule has 0 atom stereocenters. The van der Waals surface area contributed by atoms with Crippen LogP contribution in [-0.2, 0) is 6.54 Å². The zero-order chi connectivity index (χ0) is 22.9. The number of H-pyrrole nitrogens is 1. The molecule has 0 bridgehead atoms. The number of hydrogen-bond donors (Lipinski definition) is 1. The Morgan fingerprint density at radius 1 is 1.00 bits per heavy atom. The van der Waals surface area contributed by atoms with Crippen molar-refractivity contribution in [2.45, 2.75) is 38.3 Å². The number of amides is 1. The van der Waals surface area contributed by atoms with E-state index in [0.29, 0.717) is 39.6 Å². The summed E-state index contributed by atoms with van der Waals surface area (Å²) in [5.41, 5.74) is 1.44. The van der Waals surface area contributed by atoms with Crippen LogP contribution in [-0.4, -0.2) is 42.8 Å². The Bertz CT molecular complexity index is 1240. The first-order chi connectivity index (χ1) is 16.1. The lowest BCUT2D eigenvalue weighted by Crippen LogP contribution is -2.39. The predicted molar refractivity (Wildman–Crippen MR) is 122 cm³/mol. The van der Waals surface area contributed by atoms with Crippen molar-refractivity contribution in [3.8, 4) is 23.0 Å². The molecule has 2 aromatic carbocycles. The van der Waals surface area contributed by atoms with Crippen LogP contribution in [0.15, 0.2) is 41.2 Å². The fourth-order valence-electron chi connectivity index (χ4n) is 4.62. The maximum atomic E-state index is 13.7. The molecule has 1 aromatic heterocycles. The summed E-state index contributed by atoms with van der Waals surface area (Å²) in [7, 11) is 3.11. The minimum absolute atomic E-state index is 0.0709. The molecule has 0 unspecified atom stereocenters. The first kappa shape index (κ1) is 21.2. The van der Waals surface area contributed by atoms with Gasteiger partial charge in [0.25, 0.3) is 11.5 Å². The summed E-state index contributed by atoms with van der Waals surface area (Å²) in [6.45, 7) is 0.374. The van der Waals surface area contributed by atoms with Gasteiger partial charge in [-0.3, -0.25) is 9.59 Å². The SMILES string of the molecule is COc1cc(OC)cc(C(=O)N(Cc2cc3cc4c(cc3[nH]c2=O)OCO4)C2CCCC2)c1. The molecule has 1 aliphatic carbocycles. The van der Waals surface area contributed by atoms with E-state index < -0.39 is 0 Å². The smallest absolute Gasteiger partial charge is 0.254 e. The van der Waals surface area contributed by atoms with Crippen LogP contribution < -0.4 is 24.5 Å². The zero-order valence-corrected chi connectivity index (χ0v) is 18.7. The van der Waals surface area contributed by atoms with Crippen LogP contribution in [0.5, 0.6) is 23.0 Å². The molecular formula is C25H26N2O6. The number of fused-ring (bicyclic) bond motifs is 2. The van der Waals surface area contributed by atoms with Crippen molar-refractivity contribution in [3.05, 3.63) is 57.9 Å². The minimum Gasteiger partial charge on any atom is -0.497 e. The number of aromatic amines is 1. The van der Waals surface area contributed by atoms with Gasteiger partial charge >= 0.3 is 0 Å². The highest BCUT2D eigenvalue weighted by atomic mass is 16.7. The number of benzene rings is 2. The van der Waals surface area contributed by atoms with Crippen LogP contribution in [0.2, 0.25) is 0 Å². The molecule has 1 fully saturated rings. The van der Waals surface area contributed by atoms with Crippen molar-refractivity contribution >= 4 is 16.8 Å². The molecule has 0 radical (unpaired) electrons. The molecule has 1 aliphatic heterocycles. The molecule has 1 N–H and O–H groups in total. The van der Waals surface area contributed by atoms with Crippen LogP contribution in [0, 0.1) is 0 Å². The number of nitrogens with zero attached hydrogens (tertiary/aromatic N) is 1. The van der Waals surface area contributed by atoms with Gasteiger partial charge in [-0.2, -0.15) is 0 Å². The molecule has 172 valence electrons. The Morgan fingerprint density at radius 2 is 1.67 bits per heavy atom. The molecule has 8 heteroatoms. The summed E-state index contributed by atoms with van der Waals surface area (Å²) in [5.74, 6) is 2.20. The Hall–Kier alpha value is -3.68. The molecule has 8 nitrogen and oxygen atoms in total. The van der Waals surface area contributed by atoms with Gasteiger partial charge in [0.1, 0.15) is 11.5 Å². The van der Waals surface area contributed by atoms with E-state index in [0.717, 1.165) is 31.1 Å². The van der Waals surface area contributed by atoms with Crippen LogP contribution in [0.1, 0.15) is 41.6 Å².